The fourth-order valence-corrected chi connectivity index (χ4v) is 4.21. The number of benzene rings is 2. The summed E-state index contributed by atoms with van der Waals surface area (Å²) in [4.78, 5) is 15.9. The fraction of sp³-hybridized carbons (Fsp3) is 0.348. The molecule has 1 aliphatic rings. The zero-order valence-corrected chi connectivity index (χ0v) is 16.0. The lowest BCUT2D eigenvalue weighted by atomic mass is 9.70. The molecule has 0 amide bonds. The zero-order valence-electron chi connectivity index (χ0n) is 16.0. The van der Waals surface area contributed by atoms with E-state index in [0.717, 1.165) is 47.0 Å². The maximum absolute atomic E-state index is 11.3. The van der Waals surface area contributed by atoms with Crippen molar-refractivity contribution in [2.45, 2.75) is 40.0 Å². The minimum atomic E-state index is -0.328. The third-order valence-electron chi connectivity index (χ3n) is 5.83. The molecule has 0 bridgehead atoms. The second-order valence-corrected chi connectivity index (χ2v) is 8.54. The van der Waals surface area contributed by atoms with Crippen molar-refractivity contribution in [2.24, 2.45) is 11.3 Å². The van der Waals surface area contributed by atoms with Gasteiger partial charge in [-0.25, -0.2) is 0 Å². The first-order valence-electron chi connectivity index (χ1n) is 9.50. The van der Waals surface area contributed by atoms with Gasteiger partial charge in [0, 0.05) is 23.2 Å². The molecule has 0 saturated heterocycles. The molecule has 1 unspecified atom stereocenters. The van der Waals surface area contributed by atoms with Gasteiger partial charge in [-0.3, -0.25) is 15.1 Å². The van der Waals surface area contributed by atoms with Gasteiger partial charge < -0.3 is 0 Å². The molecule has 4 heteroatoms. The van der Waals surface area contributed by atoms with Crippen molar-refractivity contribution in [2.75, 3.05) is 0 Å². The maximum Gasteiger partial charge on any atom is 0.270 e. The summed E-state index contributed by atoms with van der Waals surface area (Å²) < 4.78 is 0. The molecular weight excluding hydrogens is 336 g/mol. The Labute approximate surface area is 159 Å². The third kappa shape index (κ3) is 3.20. The predicted octanol–water partition coefficient (Wildman–Crippen LogP) is 5.96. The van der Waals surface area contributed by atoms with Crippen molar-refractivity contribution in [1.29, 1.82) is 0 Å². The van der Waals surface area contributed by atoms with Gasteiger partial charge in [0.15, 0.2) is 0 Å². The van der Waals surface area contributed by atoms with Gasteiger partial charge in [0.1, 0.15) is 0 Å². The van der Waals surface area contributed by atoms with Crippen LogP contribution in [-0.4, -0.2) is 9.91 Å². The number of fused-ring (bicyclic) bond motifs is 2. The summed E-state index contributed by atoms with van der Waals surface area (Å²) in [6.45, 7) is 6.89. The summed E-state index contributed by atoms with van der Waals surface area (Å²) in [5.74, 6) is 0.574. The molecule has 0 N–H and O–H groups in total. The van der Waals surface area contributed by atoms with Gasteiger partial charge in [-0.1, -0.05) is 51.1 Å². The lowest BCUT2D eigenvalue weighted by Crippen LogP contribution is -2.28. The number of aromatic nitrogens is 1. The van der Waals surface area contributed by atoms with Crippen molar-refractivity contribution in [3.05, 3.63) is 69.9 Å². The highest BCUT2D eigenvalue weighted by atomic mass is 16.6. The molecule has 3 aromatic rings. The molecule has 1 heterocycles. The van der Waals surface area contributed by atoms with Gasteiger partial charge in [0.25, 0.3) is 5.69 Å². The summed E-state index contributed by atoms with van der Waals surface area (Å²) in [6.07, 6.45) is 3.06. The van der Waals surface area contributed by atoms with Gasteiger partial charge in [0.05, 0.1) is 10.4 Å². The standard InChI is InChI=1S/C23H24N2O2/c1-23(2,3)16-9-11-20-18(13-16)22(15-7-5-4-6-8-15)19-14-17(25(26)27)10-12-21(19)24-20/h4-8,10,12,14,16H,9,11,13H2,1-3H3. The van der Waals surface area contributed by atoms with E-state index >= 15 is 0 Å². The van der Waals surface area contributed by atoms with E-state index in [0.29, 0.717) is 5.92 Å². The van der Waals surface area contributed by atoms with Gasteiger partial charge in [0.2, 0.25) is 0 Å². The van der Waals surface area contributed by atoms with Gasteiger partial charge in [-0.05, 0) is 53.4 Å². The van der Waals surface area contributed by atoms with Crippen LogP contribution in [0.3, 0.4) is 0 Å². The Kier molecular flexibility index (Phi) is 4.22. The molecule has 138 valence electrons. The first-order valence-corrected chi connectivity index (χ1v) is 9.50. The Morgan fingerprint density at radius 2 is 1.85 bits per heavy atom. The van der Waals surface area contributed by atoms with E-state index < -0.39 is 0 Å². The Hall–Kier alpha value is -2.75. The lowest BCUT2D eigenvalue weighted by Gasteiger charge is -2.35. The molecule has 4 nitrogen and oxygen atoms in total. The number of hydrogen-bond acceptors (Lipinski definition) is 3. The van der Waals surface area contributed by atoms with Crippen LogP contribution in [0.4, 0.5) is 5.69 Å². The van der Waals surface area contributed by atoms with E-state index in [1.54, 1.807) is 18.2 Å². The summed E-state index contributed by atoms with van der Waals surface area (Å²) in [7, 11) is 0. The maximum atomic E-state index is 11.3. The number of nitrogens with zero attached hydrogens (tertiary/aromatic N) is 2. The van der Waals surface area contributed by atoms with Crippen LogP contribution in [0.5, 0.6) is 0 Å². The van der Waals surface area contributed by atoms with E-state index in [1.165, 1.54) is 5.56 Å². The van der Waals surface area contributed by atoms with Gasteiger partial charge >= 0.3 is 0 Å². The topological polar surface area (TPSA) is 56.0 Å². The SMILES string of the molecule is CC(C)(C)C1CCc2nc3ccc([N+](=O)[O-])cc3c(-c3ccccc3)c2C1. The second-order valence-electron chi connectivity index (χ2n) is 8.54. The van der Waals surface area contributed by atoms with Crippen LogP contribution >= 0.6 is 0 Å². The van der Waals surface area contributed by atoms with Crippen molar-refractivity contribution < 1.29 is 4.92 Å². The average molecular weight is 360 g/mol. The number of nitro groups is 1. The van der Waals surface area contributed by atoms with Gasteiger partial charge in [-0.2, -0.15) is 0 Å². The van der Waals surface area contributed by atoms with Crippen LogP contribution in [0.25, 0.3) is 22.0 Å². The largest absolute Gasteiger partial charge is 0.270 e. The fourth-order valence-electron chi connectivity index (χ4n) is 4.21. The van der Waals surface area contributed by atoms with Crippen molar-refractivity contribution >= 4 is 16.6 Å². The Balaban J connectivity index is 2.01. The summed E-state index contributed by atoms with van der Waals surface area (Å²) in [5, 5.41) is 12.2. The highest BCUT2D eigenvalue weighted by Gasteiger charge is 2.31. The second kappa shape index (κ2) is 6.45. The number of non-ortho nitro benzene ring substituents is 1. The van der Waals surface area contributed by atoms with Crippen LogP contribution in [0.1, 0.15) is 38.4 Å². The average Bonchev–Trinajstić information content (AvgIpc) is 2.65. The molecule has 27 heavy (non-hydrogen) atoms. The van der Waals surface area contributed by atoms with Gasteiger partial charge in [-0.15, -0.1) is 0 Å². The Morgan fingerprint density at radius 3 is 2.52 bits per heavy atom. The molecule has 0 aliphatic heterocycles. The number of pyridine rings is 1. The molecule has 0 radical (unpaired) electrons. The van der Waals surface area contributed by atoms with Crippen LogP contribution in [0.2, 0.25) is 0 Å². The number of rotatable bonds is 2. The highest BCUT2D eigenvalue weighted by Crippen LogP contribution is 2.43. The quantitative estimate of drug-likeness (QED) is 0.418. The normalized spacial score (nSPS) is 16.9. The molecule has 4 rings (SSSR count). The van der Waals surface area contributed by atoms with Crippen LogP contribution < -0.4 is 0 Å². The van der Waals surface area contributed by atoms with E-state index in [4.69, 9.17) is 4.98 Å². The van der Waals surface area contributed by atoms with E-state index in [1.807, 2.05) is 18.2 Å². The molecule has 1 aromatic heterocycles. The minimum absolute atomic E-state index is 0.115. The lowest BCUT2D eigenvalue weighted by molar-refractivity contribution is -0.384. The van der Waals surface area contributed by atoms with Crippen molar-refractivity contribution in [3.8, 4) is 11.1 Å². The molecule has 0 saturated carbocycles. The van der Waals surface area contributed by atoms with Crippen molar-refractivity contribution in [3.63, 3.8) is 0 Å². The van der Waals surface area contributed by atoms with Crippen molar-refractivity contribution in [1.82, 2.24) is 4.98 Å². The molecule has 0 spiro atoms. The monoisotopic (exact) mass is 360 g/mol. The minimum Gasteiger partial charge on any atom is -0.258 e. The number of aryl methyl sites for hydroxylation is 1. The Bertz CT molecular complexity index is 1020. The zero-order chi connectivity index (χ0) is 19.2. The van der Waals surface area contributed by atoms with E-state index in [-0.39, 0.29) is 16.0 Å². The van der Waals surface area contributed by atoms with Crippen LogP contribution in [0.15, 0.2) is 48.5 Å². The predicted molar refractivity (Wildman–Crippen MR) is 109 cm³/mol. The Morgan fingerprint density at radius 1 is 1.11 bits per heavy atom. The number of nitro benzene ring substituents is 1. The molecule has 1 aliphatic carbocycles. The van der Waals surface area contributed by atoms with Crippen LogP contribution in [-0.2, 0) is 12.8 Å². The van der Waals surface area contributed by atoms with E-state index in [2.05, 4.69) is 32.9 Å². The summed E-state index contributed by atoms with van der Waals surface area (Å²) >= 11 is 0. The molecule has 1 atom stereocenters. The highest BCUT2D eigenvalue weighted by molar-refractivity contribution is 5.98. The third-order valence-corrected chi connectivity index (χ3v) is 5.83. The summed E-state index contributed by atoms with van der Waals surface area (Å²) in [5.41, 5.74) is 5.82. The number of hydrogen-bond donors (Lipinski definition) is 0. The summed E-state index contributed by atoms with van der Waals surface area (Å²) in [6, 6.07) is 15.3. The van der Waals surface area contributed by atoms with Crippen LogP contribution in [0, 0.1) is 21.4 Å². The molecule has 0 fully saturated rings. The first-order chi connectivity index (χ1) is 12.8. The molecular formula is C23H24N2O2. The van der Waals surface area contributed by atoms with E-state index in [9.17, 15) is 10.1 Å². The first kappa shape index (κ1) is 17.7. The smallest absolute Gasteiger partial charge is 0.258 e. The molecule has 2 aromatic carbocycles.